The predicted octanol–water partition coefficient (Wildman–Crippen LogP) is 24.6. The summed E-state index contributed by atoms with van der Waals surface area (Å²) in [5.74, 6) is -0.183. The molecule has 0 aliphatic carbocycles. The zero-order valence-corrected chi connectivity index (χ0v) is 59.2. The lowest BCUT2D eigenvalue weighted by Gasteiger charge is -2.25. The molecule has 3 atom stereocenters. The number of phosphoric acid groups is 1. The van der Waals surface area contributed by atoms with Crippen LogP contribution in [0.25, 0.3) is 0 Å². The van der Waals surface area contributed by atoms with E-state index in [0.29, 0.717) is 17.4 Å². The van der Waals surface area contributed by atoms with E-state index in [1.807, 2.05) is 27.2 Å². The van der Waals surface area contributed by atoms with Gasteiger partial charge in [0.15, 0.2) is 0 Å². The number of amides is 1. The quantitative estimate of drug-likeness (QED) is 0.0243. The fourth-order valence-corrected chi connectivity index (χ4v) is 12.3. The number of allylic oxidation sites excluding steroid dienone is 7. The minimum absolute atomic E-state index is 0.0547. The van der Waals surface area contributed by atoms with Gasteiger partial charge in [-0.3, -0.25) is 13.8 Å². The minimum Gasteiger partial charge on any atom is -0.387 e. The number of carbonyl (C=O) groups is 1. The van der Waals surface area contributed by atoms with E-state index in [-0.39, 0.29) is 19.1 Å². The van der Waals surface area contributed by atoms with Crippen molar-refractivity contribution < 1.29 is 32.9 Å². The molecule has 0 heterocycles. The molecule has 0 rings (SSSR count). The molecule has 3 N–H and O–H groups in total. The maximum atomic E-state index is 13.1. The van der Waals surface area contributed by atoms with Crippen molar-refractivity contribution in [2.24, 2.45) is 0 Å². The summed E-state index contributed by atoms with van der Waals surface area (Å²) in [6.45, 7) is 4.84. The number of quaternary nitrogens is 1. The monoisotopic (exact) mass is 1230 g/mol. The Bertz CT molecular complexity index is 1540. The van der Waals surface area contributed by atoms with E-state index in [0.717, 1.165) is 44.9 Å². The Morgan fingerprint density at radius 3 is 0.930 bits per heavy atom. The number of hydrogen-bond acceptors (Lipinski definition) is 5. The third kappa shape index (κ3) is 69.9. The molecule has 0 saturated carbocycles. The minimum atomic E-state index is -4.37. The van der Waals surface area contributed by atoms with Crippen molar-refractivity contribution in [1.82, 2.24) is 5.32 Å². The molecule has 0 fully saturated rings. The van der Waals surface area contributed by atoms with Crippen LogP contribution in [0.2, 0.25) is 0 Å². The van der Waals surface area contributed by atoms with Crippen molar-refractivity contribution in [2.75, 3.05) is 40.9 Å². The average molecular weight is 1230 g/mol. The highest BCUT2D eigenvalue weighted by Gasteiger charge is 2.28. The first kappa shape index (κ1) is 84.5. The summed E-state index contributed by atoms with van der Waals surface area (Å²) in [7, 11) is 1.56. The topological polar surface area (TPSA) is 105 Å². The number of aliphatic hydroxyl groups is 1. The molecule has 0 saturated heterocycles. The van der Waals surface area contributed by atoms with E-state index in [1.54, 1.807) is 6.08 Å². The number of rotatable bonds is 71. The SMILES string of the molecule is CCCCCCCCCC/C=C\CCCCCCCCCCCCCCCCCCCCCCCCCC(=O)NC(COP(=O)(O)OCC[N+](C)(C)C)C(O)/C=C/CC/C=C/CC/C=C/CCCCCCCCCCCCCCCCCCCCC. The molecule has 1 amide bonds. The lowest BCUT2D eigenvalue weighted by Crippen LogP contribution is -2.45. The summed E-state index contributed by atoms with van der Waals surface area (Å²) >= 11 is 0. The van der Waals surface area contributed by atoms with Crippen molar-refractivity contribution in [3.8, 4) is 0 Å². The molecule has 0 bridgehead atoms. The van der Waals surface area contributed by atoms with Crippen molar-refractivity contribution in [3.63, 3.8) is 0 Å². The Morgan fingerprint density at radius 2 is 0.640 bits per heavy atom. The largest absolute Gasteiger partial charge is 0.472 e. The molecule has 0 spiro atoms. The molecular formula is C77H150N2O6P+. The molecule has 9 heteroatoms. The number of nitrogens with one attached hydrogen (secondary N) is 1. The fourth-order valence-electron chi connectivity index (χ4n) is 11.6. The first-order chi connectivity index (χ1) is 42.0. The first-order valence-electron chi connectivity index (χ1n) is 38.0. The van der Waals surface area contributed by atoms with Crippen LogP contribution in [-0.4, -0.2) is 73.4 Å². The van der Waals surface area contributed by atoms with E-state index in [1.165, 1.54) is 321 Å². The molecule has 508 valence electrons. The summed E-state index contributed by atoms with van der Waals surface area (Å²) in [6.07, 6.45) is 93.0. The summed E-state index contributed by atoms with van der Waals surface area (Å²) in [5.41, 5.74) is 0. The van der Waals surface area contributed by atoms with Gasteiger partial charge in [0.2, 0.25) is 5.91 Å². The molecule has 0 aliphatic heterocycles. The normalized spacial score (nSPS) is 13.8. The second-order valence-corrected chi connectivity index (χ2v) is 28.8. The van der Waals surface area contributed by atoms with Gasteiger partial charge in [-0.1, -0.05) is 358 Å². The Morgan fingerprint density at radius 1 is 0.384 bits per heavy atom. The maximum absolute atomic E-state index is 13.1. The first-order valence-corrected chi connectivity index (χ1v) is 39.5. The van der Waals surface area contributed by atoms with Gasteiger partial charge in [-0.15, -0.1) is 0 Å². The summed E-state index contributed by atoms with van der Waals surface area (Å²) in [5, 5.41) is 14.0. The number of phosphoric ester groups is 1. The van der Waals surface area contributed by atoms with Gasteiger partial charge in [0.05, 0.1) is 39.9 Å². The highest BCUT2D eigenvalue weighted by molar-refractivity contribution is 7.47. The van der Waals surface area contributed by atoms with Crippen molar-refractivity contribution in [1.29, 1.82) is 0 Å². The average Bonchev–Trinajstić information content (AvgIpc) is 3.70. The van der Waals surface area contributed by atoms with E-state index in [9.17, 15) is 19.4 Å². The highest BCUT2D eigenvalue weighted by atomic mass is 31.2. The van der Waals surface area contributed by atoms with Gasteiger partial charge in [0.1, 0.15) is 13.2 Å². The van der Waals surface area contributed by atoms with Crippen LogP contribution >= 0.6 is 7.82 Å². The molecule has 3 unspecified atom stereocenters. The third-order valence-electron chi connectivity index (χ3n) is 17.5. The van der Waals surface area contributed by atoms with Crippen LogP contribution in [-0.2, 0) is 18.4 Å². The van der Waals surface area contributed by atoms with Crippen LogP contribution in [0.3, 0.4) is 0 Å². The maximum Gasteiger partial charge on any atom is 0.472 e. The molecule has 0 aromatic rings. The zero-order valence-electron chi connectivity index (χ0n) is 58.3. The van der Waals surface area contributed by atoms with Crippen LogP contribution in [0.15, 0.2) is 48.6 Å². The lowest BCUT2D eigenvalue weighted by molar-refractivity contribution is -0.870. The highest BCUT2D eigenvalue weighted by Crippen LogP contribution is 2.43. The lowest BCUT2D eigenvalue weighted by atomic mass is 10.0. The van der Waals surface area contributed by atoms with Crippen LogP contribution in [0.4, 0.5) is 0 Å². The van der Waals surface area contributed by atoms with Gasteiger partial charge in [-0.25, -0.2) is 4.57 Å². The number of hydrogen-bond donors (Lipinski definition) is 3. The Balaban J connectivity index is 4.03. The smallest absolute Gasteiger partial charge is 0.387 e. The van der Waals surface area contributed by atoms with Gasteiger partial charge in [0.25, 0.3) is 0 Å². The van der Waals surface area contributed by atoms with Crippen LogP contribution in [0.5, 0.6) is 0 Å². The van der Waals surface area contributed by atoms with E-state index in [4.69, 9.17) is 9.05 Å². The fraction of sp³-hybridized carbons (Fsp3) is 0.883. The van der Waals surface area contributed by atoms with Gasteiger partial charge in [-0.05, 0) is 70.6 Å². The van der Waals surface area contributed by atoms with Crippen LogP contribution < -0.4 is 5.32 Å². The molecule has 0 aliphatic rings. The van der Waals surface area contributed by atoms with Gasteiger partial charge in [0, 0.05) is 6.42 Å². The molecule has 0 radical (unpaired) electrons. The predicted molar refractivity (Wildman–Crippen MR) is 378 cm³/mol. The van der Waals surface area contributed by atoms with Gasteiger partial charge < -0.3 is 19.8 Å². The van der Waals surface area contributed by atoms with Crippen molar-refractivity contribution in [3.05, 3.63) is 48.6 Å². The summed E-state index contributed by atoms with van der Waals surface area (Å²) in [6, 6.07) is -0.871. The second-order valence-electron chi connectivity index (χ2n) is 27.4. The Kier molecular flexibility index (Phi) is 66.6. The van der Waals surface area contributed by atoms with Crippen molar-refractivity contribution in [2.45, 2.75) is 398 Å². The molecule has 0 aromatic carbocycles. The summed E-state index contributed by atoms with van der Waals surface area (Å²) < 4.78 is 23.8. The Hall–Kier alpha value is -1.54. The number of aliphatic hydroxyl groups excluding tert-OH is 1. The zero-order chi connectivity index (χ0) is 62.6. The van der Waals surface area contributed by atoms with Gasteiger partial charge >= 0.3 is 7.82 Å². The third-order valence-corrected chi connectivity index (χ3v) is 18.5. The second kappa shape index (κ2) is 67.8. The standard InChI is InChI=1S/C77H149N2O6P/c1-6-8-10-12-14-16-18-20-22-24-26-28-30-32-34-36-37-38-39-40-41-43-45-47-49-51-53-55-57-59-61-63-65-67-69-71-77(81)78-75(74-85-86(82,83)84-73-72-79(3,4)5)76(80)70-68-66-64-62-60-58-56-54-52-50-48-46-44-42-35-33-31-29-27-25-23-21-19-17-15-13-11-9-7-2/h24,26,52,54,60,62,68,70,75-76,80H,6-23,25,27-51,53,55-59,61,63-67,69,71-74H2,1-5H3,(H-,78,81,82,83)/p+1/b26-24-,54-52+,62-60+,70-68+. The molecule has 0 aromatic heterocycles. The molecule has 86 heavy (non-hydrogen) atoms. The van der Waals surface area contributed by atoms with Crippen molar-refractivity contribution >= 4 is 13.7 Å². The van der Waals surface area contributed by atoms with Crippen LogP contribution in [0.1, 0.15) is 386 Å². The van der Waals surface area contributed by atoms with E-state index in [2.05, 4.69) is 55.6 Å². The Labute approximate surface area is 537 Å². The van der Waals surface area contributed by atoms with Gasteiger partial charge in [-0.2, -0.15) is 0 Å². The van der Waals surface area contributed by atoms with E-state index >= 15 is 0 Å². The molecule has 8 nitrogen and oxygen atoms in total. The number of likely N-dealkylation sites (N-methyl/N-ethyl adjacent to an activating group) is 1. The van der Waals surface area contributed by atoms with Crippen LogP contribution in [0, 0.1) is 0 Å². The molecular weight excluding hydrogens is 1080 g/mol. The number of unbranched alkanes of at least 4 members (excludes halogenated alkanes) is 52. The van der Waals surface area contributed by atoms with E-state index < -0.39 is 20.0 Å². The number of carbonyl (C=O) groups excluding carboxylic acids is 1. The summed E-state index contributed by atoms with van der Waals surface area (Å²) in [4.78, 5) is 23.4. The number of nitrogens with zero attached hydrogens (tertiary/aromatic N) is 1.